The van der Waals surface area contributed by atoms with E-state index in [1.807, 2.05) is 49.4 Å². The second-order valence-corrected chi connectivity index (χ2v) is 6.94. The molecule has 0 spiro atoms. The molecular weight excluding hydrogens is 338 g/mol. The van der Waals surface area contributed by atoms with Crippen molar-refractivity contribution in [1.82, 2.24) is 19.9 Å². The van der Waals surface area contributed by atoms with E-state index < -0.39 is 0 Å². The first-order chi connectivity index (χ1) is 13.2. The van der Waals surface area contributed by atoms with Crippen LogP contribution in [0.2, 0.25) is 0 Å². The molecule has 1 fully saturated rings. The van der Waals surface area contributed by atoms with Crippen LogP contribution in [0.3, 0.4) is 0 Å². The Kier molecular flexibility index (Phi) is 3.63. The van der Waals surface area contributed by atoms with Crippen molar-refractivity contribution < 1.29 is 0 Å². The van der Waals surface area contributed by atoms with Gasteiger partial charge in [0, 0.05) is 6.54 Å². The molecule has 0 amide bonds. The van der Waals surface area contributed by atoms with Gasteiger partial charge >= 0.3 is 0 Å². The summed E-state index contributed by atoms with van der Waals surface area (Å²) in [5.41, 5.74) is 3.30. The zero-order valence-corrected chi connectivity index (χ0v) is 15.0. The number of hydrogen-bond donors (Lipinski definition) is 1. The van der Waals surface area contributed by atoms with E-state index in [9.17, 15) is 4.79 Å². The third kappa shape index (κ3) is 2.65. The zero-order valence-electron chi connectivity index (χ0n) is 15.0. The summed E-state index contributed by atoms with van der Waals surface area (Å²) in [5, 5.41) is 0.618. The van der Waals surface area contributed by atoms with E-state index in [0.717, 1.165) is 47.4 Å². The van der Waals surface area contributed by atoms with Gasteiger partial charge in [0.1, 0.15) is 5.82 Å². The molecule has 1 aliphatic rings. The number of aromatic nitrogens is 4. The van der Waals surface area contributed by atoms with Gasteiger partial charge in [0.15, 0.2) is 5.82 Å². The van der Waals surface area contributed by atoms with E-state index in [-0.39, 0.29) is 11.6 Å². The SMILES string of the molecule is Cc1nc2ccccc2nc1N1CCCC1c1nc2ccccc2c(=O)[nH]1. The molecule has 1 unspecified atom stereocenters. The summed E-state index contributed by atoms with van der Waals surface area (Å²) in [7, 11) is 0. The third-order valence-electron chi connectivity index (χ3n) is 5.19. The fourth-order valence-corrected chi connectivity index (χ4v) is 3.92. The first-order valence-electron chi connectivity index (χ1n) is 9.20. The normalized spacial score (nSPS) is 17.1. The topological polar surface area (TPSA) is 74.8 Å². The molecule has 0 aliphatic carbocycles. The summed E-state index contributed by atoms with van der Waals surface area (Å²) < 4.78 is 0. The van der Waals surface area contributed by atoms with Gasteiger partial charge in [0.05, 0.1) is 33.7 Å². The van der Waals surface area contributed by atoms with Gasteiger partial charge in [0.25, 0.3) is 5.56 Å². The lowest BCUT2D eigenvalue weighted by atomic mass is 10.2. The summed E-state index contributed by atoms with van der Waals surface area (Å²) >= 11 is 0. The van der Waals surface area contributed by atoms with Crippen molar-refractivity contribution in [2.75, 3.05) is 11.4 Å². The lowest BCUT2D eigenvalue weighted by molar-refractivity contribution is 0.660. The molecule has 2 aromatic carbocycles. The second-order valence-electron chi connectivity index (χ2n) is 6.94. The highest BCUT2D eigenvalue weighted by Gasteiger charge is 2.31. The monoisotopic (exact) mass is 357 g/mol. The molecule has 0 radical (unpaired) electrons. The van der Waals surface area contributed by atoms with Crippen molar-refractivity contribution in [1.29, 1.82) is 0 Å². The van der Waals surface area contributed by atoms with Crippen LogP contribution in [0.4, 0.5) is 5.82 Å². The molecule has 5 rings (SSSR count). The average molecular weight is 357 g/mol. The summed E-state index contributed by atoms with van der Waals surface area (Å²) in [4.78, 5) is 32.0. The molecular formula is C21H19N5O. The second kappa shape index (κ2) is 6.16. The molecule has 0 bridgehead atoms. The predicted octanol–water partition coefficient (Wildman–Crippen LogP) is 3.52. The molecule has 4 aromatic rings. The van der Waals surface area contributed by atoms with E-state index in [4.69, 9.17) is 15.0 Å². The van der Waals surface area contributed by atoms with Crippen molar-refractivity contribution in [2.45, 2.75) is 25.8 Å². The average Bonchev–Trinajstić information content (AvgIpc) is 3.17. The lowest BCUT2D eigenvalue weighted by Gasteiger charge is -2.26. The van der Waals surface area contributed by atoms with Crippen molar-refractivity contribution in [3.05, 3.63) is 70.4 Å². The zero-order chi connectivity index (χ0) is 18.4. The summed E-state index contributed by atoms with van der Waals surface area (Å²) in [5.74, 6) is 1.57. The van der Waals surface area contributed by atoms with Gasteiger partial charge in [-0.3, -0.25) is 4.79 Å². The summed E-state index contributed by atoms with van der Waals surface area (Å²) in [6.45, 7) is 2.86. The number of fused-ring (bicyclic) bond motifs is 2. The number of anilines is 1. The van der Waals surface area contributed by atoms with Crippen molar-refractivity contribution in [2.24, 2.45) is 0 Å². The highest BCUT2D eigenvalue weighted by atomic mass is 16.1. The molecule has 6 nitrogen and oxygen atoms in total. The molecule has 2 aromatic heterocycles. The van der Waals surface area contributed by atoms with E-state index in [1.165, 1.54) is 0 Å². The Morgan fingerprint density at radius 1 is 0.963 bits per heavy atom. The van der Waals surface area contributed by atoms with Crippen LogP contribution in [-0.4, -0.2) is 26.5 Å². The number of aromatic amines is 1. The van der Waals surface area contributed by atoms with Gasteiger partial charge in [0.2, 0.25) is 0 Å². The van der Waals surface area contributed by atoms with Crippen LogP contribution in [0.15, 0.2) is 53.3 Å². The Labute approximate surface area is 155 Å². The van der Waals surface area contributed by atoms with Crippen molar-refractivity contribution in [3.8, 4) is 0 Å². The maximum absolute atomic E-state index is 12.5. The van der Waals surface area contributed by atoms with Crippen molar-refractivity contribution >= 4 is 27.8 Å². The predicted molar refractivity (Wildman–Crippen MR) is 106 cm³/mol. The smallest absolute Gasteiger partial charge is 0.258 e. The fraction of sp³-hybridized carbons (Fsp3) is 0.238. The standard InChI is InChI=1S/C21H19N5O/c1-13-20(24-17-10-5-4-9-16(17)22-13)26-12-6-11-18(26)19-23-15-8-3-2-7-14(15)21(27)25-19/h2-5,7-10,18H,6,11-12H2,1H3,(H,23,25,27). The number of aryl methyl sites for hydroxylation is 1. The van der Waals surface area contributed by atoms with Crippen molar-refractivity contribution in [3.63, 3.8) is 0 Å². The molecule has 1 atom stereocenters. The van der Waals surface area contributed by atoms with Gasteiger partial charge in [-0.15, -0.1) is 0 Å². The minimum atomic E-state index is -0.0937. The van der Waals surface area contributed by atoms with E-state index in [0.29, 0.717) is 11.2 Å². The van der Waals surface area contributed by atoms with Gasteiger partial charge in [-0.1, -0.05) is 24.3 Å². The maximum Gasteiger partial charge on any atom is 0.258 e. The maximum atomic E-state index is 12.5. The van der Waals surface area contributed by atoms with Crippen LogP contribution in [0.1, 0.15) is 30.4 Å². The van der Waals surface area contributed by atoms with E-state index >= 15 is 0 Å². The van der Waals surface area contributed by atoms with Gasteiger partial charge in [-0.2, -0.15) is 0 Å². The van der Waals surface area contributed by atoms with Crippen LogP contribution in [0, 0.1) is 6.92 Å². The van der Waals surface area contributed by atoms with Gasteiger partial charge < -0.3 is 9.88 Å². The van der Waals surface area contributed by atoms with E-state index in [1.54, 1.807) is 6.07 Å². The van der Waals surface area contributed by atoms with Gasteiger partial charge in [-0.25, -0.2) is 15.0 Å². The molecule has 0 saturated carbocycles. The Hall–Kier alpha value is -3.28. The minimum absolute atomic E-state index is 0.00327. The number of H-pyrrole nitrogens is 1. The molecule has 134 valence electrons. The van der Waals surface area contributed by atoms with Crippen LogP contribution in [0.25, 0.3) is 21.9 Å². The Bertz CT molecular complexity index is 1220. The van der Waals surface area contributed by atoms with Crippen LogP contribution in [-0.2, 0) is 0 Å². The molecule has 1 saturated heterocycles. The number of benzene rings is 2. The number of nitrogens with one attached hydrogen (secondary N) is 1. The number of para-hydroxylation sites is 3. The summed E-state index contributed by atoms with van der Waals surface area (Å²) in [6, 6.07) is 15.3. The molecule has 27 heavy (non-hydrogen) atoms. The molecule has 3 heterocycles. The van der Waals surface area contributed by atoms with Crippen LogP contribution < -0.4 is 10.5 Å². The van der Waals surface area contributed by atoms with Gasteiger partial charge in [-0.05, 0) is 44.0 Å². The molecule has 1 aliphatic heterocycles. The highest BCUT2D eigenvalue weighted by Crippen LogP contribution is 2.35. The Morgan fingerprint density at radius 2 is 1.67 bits per heavy atom. The largest absolute Gasteiger partial charge is 0.345 e. The fourth-order valence-electron chi connectivity index (χ4n) is 3.92. The third-order valence-corrected chi connectivity index (χ3v) is 5.19. The van der Waals surface area contributed by atoms with Crippen LogP contribution in [0.5, 0.6) is 0 Å². The Morgan fingerprint density at radius 3 is 2.48 bits per heavy atom. The first kappa shape index (κ1) is 15.9. The lowest BCUT2D eigenvalue weighted by Crippen LogP contribution is -2.28. The summed E-state index contributed by atoms with van der Waals surface area (Å²) in [6.07, 6.45) is 1.95. The Balaban J connectivity index is 1.62. The number of nitrogens with zero attached hydrogens (tertiary/aromatic N) is 4. The highest BCUT2D eigenvalue weighted by molar-refractivity contribution is 5.78. The molecule has 1 N–H and O–H groups in total. The number of rotatable bonds is 2. The minimum Gasteiger partial charge on any atom is -0.345 e. The molecule has 6 heteroatoms. The first-order valence-corrected chi connectivity index (χ1v) is 9.20. The quantitative estimate of drug-likeness (QED) is 0.594. The van der Waals surface area contributed by atoms with Crippen LogP contribution >= 0.6 is 0 Å². The number of hydrogen-bond acceptors (Lipinski definition) is 5. The van der Waals surface area contributed by atoms with E-state index in [2.05, 4.69) is 9.88 Å².